The third-order valence-corrected chi connectivity index (χ3v) is 3.12. The molecule has 1 saturated carbocycles. The van der Waals surface area contributed by atoms with Crippen LogP contribution in [0.15, 0.2) is 0 Å². The maximum Gasteiger partial charge on any atom is 0.115 e. The number of rotatable bonds is 7. The monoisotopic (exact) mass is 201 g/mol. The van der Waals surface area contributed by atoms with E-state index in [-0.39, 0.29) is 6.04 Å². The fourth-order valence-corrected chi connectivity index (χ4v) is 2.16. The second-order valence-electron chi connectivity index (χ2n) is 4.42. The second kappa shape index (κ2) is 7.22. The van der Waals surface area contributed by atoms with Crippen LogP contribution >= 0.6 is 0 Å². The lowest BCUT2D eigenvalue weighted by Gasteiger charge is -2.14. The summed E-state index contributed by atoms with van der Waals surface area (Å²) >= 11 is 0. The van der Waals surface area contributed by atoms with Crippen molar-refractivity contribution >= 4 is 0 Å². The molecule has 2 atom stereocenters. The van der Waals surface area contributed by atoms with Crippen molar-refractivity contribution in [2.45, 2.75) is 70.5 Å². The average molecular weight is 201 g/mol. The van der Waals surface area contributed by atoms with Gasteiger partial charge in [0.1, 0.15) is 6.17 Å². The highest BCUT2D eigenvalue weighted by atomic mass is 19.1. The van der Waals surface area contributed by atoms with Gasteiger partial charge in [0, 0.05) is 6.04 Å². The summed E-state index contributed by atoms with van der Waals surface area (Å²) in [6.45, 7) is 3.24. The van der Waals surface area contributed by atoms with Gasteiger partial charge in [-0.2, -0.15) is 0 Å². The van der Waals surface area contributed by atoms with E-state index in [1.807, 2.05) is 0 Å². The fourth-order valence-electron chi connectivity index (χ4n) is 2.16. The zero-order valence-electron chi connectivity index (χ0n) is 9.40. The molecule has 0 spiro atoms. The summed E-state index contributed by atoms with van der Waals surface area (Å²) in [6, 6.07) is 0.168. The van der Waals surface area contributed by atoms with Gasteiger partial charge in [0.15, 0.2) is 0 Å². The lowest BCUT2D eigenvalue weighted by atomic mass is 10.1. The van der Waals surface area contributed by atoms with Crippen LogP contribution in [0.4, 0.5) is 4.39 Å². The largest absolute Gasteiger partial charge is 0.311 e. The Bertz CT molecular complexity index is 138. The van der Waals surface area contributed by atoms with Gasteiger partial charge in [-0.15, -0.1) is 0 Å². The number of halogens is 1. The van der Waals surface area contributed by atoms with Crippen molar-refractivity contribution in [1.82, 2.24) is 5.32 Å². The fraction of sp³-hybridized carbons (Fsp3) is 1.00. The van der Waals surface area contributed by atoms with Crippen molar-refractivity contribution in [2.24, 2.45) is 0 Å². The van der Waals surface area contributed by atoms with Crippen molar-refractivity contribution < 1.29 is 4.39 Å². The van der Waals surface area contributed by atoms with Crippen LogP contribution in [-0.4, -0.2) is 18.8 Å². The minimum atomic E-state index is -0.578. The van der Waals surface area contributed by atoms with Crippen molar-refractivity contribution in [2.75, 3.05) is 6.54 Å². The van der Waals surface area contributed by atoms with Gasteiger partial charge in [-0.1, -0.05) is 32.6 Å². The highest BCUT2D eigenvalue weighted by Crippen LogP contribution is 2.21. The van der Waals surface area contributed by atoms with E-state index in [1.54, 1.807) is 0 Å². The average Bonchev–Trinajstić information content (AvgIpc) is 2.58. The van der Waals surface area contributed by atoms with Crippen LogP contribution in [0.1, 0.15) is 58.3 Å². The van der Waals surface area contributed by atoms with E-state index in [1.165, 1.54) is 32.1 Å². The van der Waals surface area contributed by atoms with Gasteiger partial charge in [-0.3, -0.25) is 0 Å². The Morgan fingerprint density at radius 2 is 1.93 bits per heavy atom. The third kappa shape index (κ3) is 4.41. The van der Waals surface area contributed by atoms with Gasteiger partial charge >= 0.3 is 0 Å². The Labute approximate surface area is 87.5 Å². The van der Waals surface area contributed by atoms with Gasteiger partial charge in [-0.05, 0) is 32.2 Å². The molecule has 1 nitrogen and oxygen atoms in total. The Kier molecular flexibility index (Phi) is 6.17. The molecule has 0 saturated heterocycles. The molecule has 14 heavy (non-hydrogen) atoms. The molecule has 1 rings (SSSR count). The van der Waals surface area contributed by atoms with Gasteiger partial charge < -0.3 is 5.32 Å². The summed E-state index contributed by atoms with van der Waals surface area (Å²) in [6.07, 6.45) is 8.77. The summed E-state index contributed by atoms with van der Waals surface area (Å²) < 4.78 is 13.2. The number of alkyl halides is 1. The first-order valence-corrected chi connectivity index (χ1v) is 6.22. The van der Waals surface area contributed by atoms with Crippen molar-refractivity contribution in [3.8, 4) is 0 Å². The molecule has 1 fully saturated rings. The van der Waals surface area contributed by atoms with E-state index in [2.05, 4.69) is 12.2 Å². The Balaban J connectivity index is 1.88. The van der Waals surface area contributed by atoms with Crippen LogP contribution in [0.25, 0.3) is 0 Å². The topological polar surface area (TPSA) is 12.0 Å². The van der Waals surface area contributed by atoms with Crippen LogP contribution < -0.4 is 5.32 Å². The highest BCUT2D eigenvalue weighted by molar-refractivity contribution is 4.82. The maximum absolute atomic E-state index is 13.2. The summed E-state index contributed by atoms with van der Waals surface area (Å²) in [7, 11) is 0. The van der Waals surface area contributed by atoms with E-state index in [9.17, 15) is 4.39 Å². The van der Waals surface area contributed by atoms with E-state index >= 15 is 0 Å². The second-order valence-corrected chi connectivity index (χ2v) is 4.42. The molecule has 0 bridgehead atoms. The zero-order chi connectivity index (χ0) is 10.2. The van der Waals surface area contributed by atoms with Gasteiger partial charge in [0.05, 0.1) is 0 Å². The lowest BCUT2D eigenvalue weighted by molar-refractivity contribution is 0.279. The molecule has 1 aliphatic rings. The van der Waals surface area contributed by atoms with E-state index in [0.29, 0.717) is 0 Å². The summed E-state index contributed by atoms with van der Waals surface area (Å²) in [5.74, 6) is 0. The Morgan fingerprint density at radius 3 is 2.57 bits per heavy atom. The molecular weight excluding hydrogens is 177 g/mol. The molecule has 0 aromatic heterocycles. The smallest absolute Gasteiger partial charge is 0.115 e. The molecule has 0 radical (unpaired) electrons. The van der Waals surface area contributed by atoms with Crippen LogP contribution in [0.5, 0.6) is 0 Å². The summed E-state index contributed by atoms with van der Waals surface area (Å²) in [5.41, 5.74) is 0. The van der Waals surface area contributed by atoms with Crippen LogP contribution in [0, 0.1) is 0 Å². The highest BCUT2D eigenvalue weighted by Gasteiger charge is 2.25. The number of unbranched alkanes of at least 4 members (excludes halogenated alkanes) is 4. The first-order valence-electron chi connectivity index (χ1n) is 6.22. The minimum Gasteiger partial charge on any atom is -0.311 e. The molecule has 0 unspecified atom stereocenters. The minimum absolute atomic E-state index is 0.168. The predicted molar refractivity (Wildman–Crippen MR) is 59.3 cm³/mol. The number of nitrogens with one attached hydrogen (secondary N) is 1. The molecule has 0 aromatic rings. The van der Waals surface area contributed by atoms with Gasteiger partial charge in [-0.25, -0.2) is 4.39 Å². The summed E-state index contributed by atoms with van der Waals surface area (Å²) in [5, 5.41) is 3.33. The molecule has 0 amide bonds. The first kappa shape index (κ1) is 12.0. The van der Waals surface area contributed by atoms with Gasteiger partial charge in [0.25, 0.3) is 0 Å². The van der Waals surface area contributed by atoms with Crippen LogP contribution in [-0.2, 0) is 0 Å². The number of hydrogen-bond donors (Lipinski definition) is 1. The molecule has 1 aliphatic carbocycles. The van der Waals surface area contributed by atoms with Crippen molar-refractivity contribution in [3.63, 3.8) is 0 Å². The number of hydrogen-bond acceptors (Lipinski definition) is 1. The van der Waals surface area contributed by atoms with Crippen molar-refractivity contribution in [1.29, 1.82) is 0 Å². The Hall–Kier alpha value is -0.110. The quantitative estimate of drug-likeness (QED) is 0.622. The standard InChI is InChI=1S/C12H24FN/c1-2-3-4-5-6-10-14-12-9-7-8-11(12)13/h11-12,14H,2-10H2,1H3/t11-,12-/m1/s1. The van der Waals surface area contributed by atoms with Crippen molar-refractivity contribution in [3.05, 3.63) is 0 Å². The lowest BCUT2D eigenvalue weighted by Crippen LogP contribution is -2.34. The normalized spacial score (nSPS) is 27.0. The van der Waals surface area contributed by atoms with Crippen LogP contribution in [0.3, 0.4) is 0 Å². The zero-order valence-corrected chi connectivity index (χ0v) is 9.40. The molecule has 0 aliphatic heterocycles. The SMILES string of the molecule is CCCCCCCN[C@@H]1CCC[C@H]1F. The van der Waals surface area contributed by atoms with Gasteiger partial charge in [0.2, 0.25) is 0 Å². The molecule has 1 N–H and O–H groups in total. The summed E-state index contributed by atoms with van der Waals surface area (Å²) in [4.78, 5) is 0. The Morgan fingerprint density at radius 1 is 1.14 bits per heavy atom. The molecular formula is C12H24FN. The predicted octanol–water partition coefficient (Wildman–Crippen LogP) is 3.44. The van der Waals surface area contributed by atoms with E-state index in [4.69, 9.17) is 0 Å². The van der Waals surface area contributed by atoms with E-state index < -0.39 is 6.17 Å². The molecule has 84 valence electrons. The molecule has 0 heterocycles. The first-order chi connectivity index (χ1) is 6.84. The third-order valence-electron chi connectivity index (χ3n) is 3.12. The van der Waals surface area contributed by atoms with Crippen LogP contribution in [0.2, 0.25) is 0 Å². The molecule has 2 heteroatoms. The maximum atomic E-state index is 13.2. The molecule has 0 aromatic carbocycles. The van der Waals surface area contributed by atoms with E-state index in [0.717, 1.165) is 25.8 Å².